The van der Waals surface area contributed by atoms with Crippen molar-refractivity contribution in [2.45, 2.75) is 92.4 Å². The normalized spacial score (nSPS) is 13.4. The van der Waals surface area contributed by atoms with Crippen molar-refractivity contribution >= 4 is 11.3 Å². The third-order valence-corrected chi connectivity index (χ3v) is 5.88. The van der Waals surface area contributed by atoms with Gasteiger partial charge in [0.15, 0.2) is 0 Å². The second-order valence-corrected chi connectivity index (χ2v) is 8.87. The van der Waals surface area contributed by atoms with Gasteiger partial charge in [0, 0.05) is 6.42 Å². The van der Waals surface area contributed by atoms with Crippen LogP contribution >= 0.6 is 11.3 Å². The van der Waals surface area contributed by atoms with Crippen molar-refractivity contribution in [1.82, 2.24) is 0 Å². The maximum atomic E-state index is 3.13. The molecular weight excluding hydrogens is 368 g/mol. The van der Waals surface area contributed by atoms with Crippen LogP contribution in [0.4, 0.5) is 0 Å². The zero-order valence-electron chi connectivity index (χ0n) is 19.3. The molecule has 1 aromatic heterocycles. The van der Waals surface area contributed by atoms with Gasteiger partial charge in [-0.05, 0) is 108 Å². The summed E-state index contributed by atoms with van der Waals surface area (Å²) in [5.74, 6) is 6.09. The quantitative estimate of drug-likeness (QED) is 0.225. The minimum atomic E-state index is 0.909. The van der Waals surface area contributed by atoms with Gasteiger partial charge in [-0.25, -0.2) is 0 Å². The molecule has 1 aromatic rings. The monoisotopic (exact) mass is 408 g/mol. The van der Waals surface area contributed by atoms with Gasteiger partial charge in [-0.1, -0.05) is 52.5 Å². The number of hydrogen-bond acceptors (Lipinski definition) is 1. The van der Waals surface area contributed by atoms with Gasteiger partial charge in [0.05, 0.1) is 0 Å². The van der Waals surface area contributed by atoms with E-state index in [9.17, 15) is 0 Å². The summed E-state index contributed by atoms with van der Waals surface area (Å²) in [5.41, 5.74) is 7.41. The number of allylic oxidation sites excluding steroid dienone is 8. The minimum absolute atomic E-state index is 0.909. The van der Waals surface area contributed by atoms with Gasteiger partial charge in [-0.15, -0.1) is 5.92 Å². The molecule has 0 nitrogen and oxygen atoms in total. The molecular formula is C28H40S. The molecule has 1 rings (SSSR count). The summed E-state index contributed by atoms with van der Waals surface area (Å²) in [6.45, 7) is 10.9. The predicted octanol–water partition coefficient (Wildman–Crippen LogP) is 9.22. The Labute approximate surface area is 184 Å². The van der Waals surface area contributed by atoms with Crippen molar-refractivity contribution in [2.24, 2.45) is 0 Å². The molecule has 29 heavy (non-hydrogen) atoms. The molecule has 0 amide bonds. The summed E-state index contributed by atoms with van der Waals surface area (Å²) in [7, 11) is 0. The summed E-state index contributed by atoms with van der Waals surface area (Å²) < 4.78 is 0. The van der Waals surface area contributed by atoms with Gasteiger partial charge in [0.2, 0.25) is 0 Å². The van der Waals surface area contributed by atoms with Crippen LogP contribution in [-0.2, 0) is 6.42 Å². The van der Waals surface area contributed by atoms with Gasteiger partial charge in [-0.3, -0.25) is 0 Å². The van der Waals surface area contributed by atoms with E-state index in [1.54, 1.807) is 11.3 Å². The highest BCUT2D eigenvalue weighted by molar-refractivity contribution is 7.07. The average molecular weight is 409 g/mol. The highest BCUT2D eigenvalue weighted by Crippen LogP contribution is 2.15. The van der Waals surface area contributed by atoms with Gasteiger partial charge in [0.25, 0.3) is 0 Å². The first-order valence-electron chi connectivity index (χ1n) is 11.0. The predicted molar refractivity (Wildman–Crippen MR) is 133 cm³/mol. The Balaban J connectivity index is 2.20. The molecule has 0 atom stereocenters. The lowest BCUT2D eigenvalue weighted by Gasteiger charge is -2.03. The summed E-state index contributed by atoms with van der Waals surface area (Å²) in [6.07, 6.45) is 19.8. The molecule has 1 heteroatoms. The molecule has 0 aromatic carbocycles. The summed E-state index contributed by atoms with van der Waals surface area (Å²) in [5, 5.41) is 4.42. The number of thiophene rings is 1. The van der Waals surface area contributed by atoms with E-state index in [2.05, 4.69) is 80.7 Å². The SMILES string of the molecule is CC#CC/C(C)=C/CC/C(C)=C/CC/C(C)=C/CC/C(C)=C/CCc1ccsc1. The molecule has 0 aliphatic heterocycles. The van der Waals surface area contributed by atoms with Crippen molar-refractivity contribution in [1.29, 1.82) is 0 Å². The fourth-order valence-corrected chi connectivity index (χ4v) is 3.87. The van der Waals surface area contributed by atoms with Crippen molar-refractivity contribution in [3.05, 3.63) is 69.0 Å². The second-order valence-electron chi connectivity index (χ2n) is 8.09. The molecule has 0 unspecified atom stereocenters. The Morgan fingerprint density at radius 2 is 1.31 bits per heavy atom. The van der Waals surface area contributed by atoms with Gasteiger partial charge in [-0.2, -0.15) is 11.3 Å². The summed E-state index contributed by atoms with van der Waals surface area (Å²) in [4.78, 5) is 0. The highest BCUT2D eigenvalue weighted by atomic mass is 32.1. The van der Waals surface area contributed by atoms with E-state index in [4.69, 9.17) is 0 Å². The highest BCUT2D eigenvalue weighted by Gasteiger charge is 1.95. The third-order valence-electron chi connectivity index (χ3n) is 5.14. The summed E-state index contributed by atoms with van der Waals surface area (Å²) in [6, 6.07) is 2.23. The van der Waals surface area contributed by atoms with Crippen LogP contribution in [0.25, 0.3) is 0 Å². The first-order chi connectivity index (χ1) is 14.0. The van der Waals surface area contributed by atoms with Crippen LogP contribution in [-0.4, -0.2) is 0 Å². The van der Waals surface area contributed by atoms with Crippen LogP contribution in [0.2, 0.25) is 0 Å². The molecule has 0 radical (unpaired) electrons. The van der Waals surface area contributed by atoms with E-state index in [1.165, 1.54) is 53.5 Å². The van der Waals surface area contributed by atoms with E-state index in [1.807, 2.05) is 6.92 Å². The zero-order valence-corrected chi connectivity index (χ0v) is 20.1. The van der Waals surface area contributed by atoms with Crippen LogP contribution in [0.1, 0.15) is 91.5 Å². The van der Waals surface area contributed by atoms with Crippen LogP contribution in [0, 0.1) is 11.8 Å². The molecule has 0 saturated carbocycles. The number of hydrogen-bond donors (Lipinski definition) is 0. The van der Waals surface area contributed by atoms with E-state index in [0.717, 1.165) is 32.1 Å². The standard InChI is InChI=1S/C28H40S/c1-6-7-12-24(2)13-8-14-25(3)15-9-16-26(4)17-10-18-27(5)19-11-20-28-21-22-29-23-28/h13,15,17,19,21-23H,8-12,14,16,18,20H2,1-5H3/b24-13+,25-15+,26-17+,27-19+. The van der Waals surface area contributed by atoms with Gasteiger partial charge < -0.3 is 0 Å². The molecule has 158 valence electrons. The van der Waals surface area contributed by atoms with E-state index < -0.39 is 0 Å². The second kappa shape index (κ2) is 16.1. The smallest absolute Gasteiger partial charge is 0.0296 e. The number of aryl methyl sites for hydroxylation is 1. The molecule has 0 bridgehead atoms. The van der Waals surface area contributed by atoms with Crippen LogP contribution in [0.3, 0.4) is 0 Å². The van der Waals surface area contributed by atoms with Crippen LogP contribution < -0.4 is 0 Å². The molecule has 0 fully saturated rings. The maximum Gasteiger partial charge on any atom is 0.0296 e. The Hall–Kier alpha value is -1.78. The lowest BCUT2D eigenvalue weighted by molar-refractivity contribution is 0.893. The Kier molecular flexibility index (Phi) is 14.0. The van der Waals surface area contributed by atoms with Crippen molar-refractivity contribution < 1.29 is 0 Å². The Morgan fingerprint density at radius 3 is 1.79 bits per heavy atom. The topological polar surface area (TPSA) is 0 Å². The van der Waals surface area contributed by atoms with E-state index in [-0.39, 0.29) is 0 Å². The number of rotatable bonds is 13. The van der Waals surface area contributed by atoms with Crippen molar-refractivity contribution in [2.75, 3.05) is 0 Å². The summed E-state index contributed by atoms with van der Waals surface area (Å²) >= 11 is 1.79. The van der Waals surface area contributed by atoms with E-state index in [0.29, 0.717) is 0 Å². The lowest BCUT2D eigenvalue weighted by atomic mass is 10.0. The average Bonchev–Trinajstić information content (AvgIpc) is 3.20. The maximum absolute atomic E-state index is 3.13. The molecule has 1 heterocycles. The molecule has 0 aliphatic rings. The largest absolute Gasteiger partial charge is 0.152 e. The molecule has 0 saturated heterocycles. The van der Waals surface area contributed by atoms with Gasteiger partial charge >= 0.3 is 0 Å². The lowest BCUT2D eigenvalue weighted by Crippen LogP contribution is -1.83. The van der Waals surface area contributed by atoms with E-state index >= 15 is 0 Å². The molecule has 0 spiro atoms. The molecule has 0 N–H and O–H groups in total. The van der Waals surface area contributed by atoms with Crippen molar-refractivity contribution in [3.8, 4) is 11.8 Å². The Bertz CT molecular complexity index is 742. The van der Waals surface area contributed by atoms with Crippen LogP contribution in [0.15, 0.2) is 63.4 Å². The van der Waals surface area contributed by atoms with Crippen molar-refractivity contribution in [3.63, 3.8) is 0 Å². The van der Waals surface area contributed by atoms with Crippen LogP contribution in [0.5, 0.6) is 0 Å². The Morgan fingerprint density at radius 1 is 0.793 bits per heavy atom. The molecule has 0 aliphatic carbocycles. The third kappa shape index (κ3) is 13.9. The zero-order chi connectivity index (χ0) is 21.3. The first kappa shape index (κ1) is 25.3. The fourth-order valence-electron chi connectivity index (χ4n) is 3.17. The minimum Gasteiger partial charge on any atom is -0.152 e. The fraction of sp³-hybridized carbons (Fsp3) is 0.500. The first-order valence-corrected chi connectivity index (χ1v) is 12.0. The van der Waals surface area contributed by atoms with Gasteiger partial charge in [0.1, 0.15) is 0 Å².